The average molecular weight is 314 g/mol. The minimum Gasteiger partial charge on any atom is -0.349 e. The molecule has 0 aromatic carbocycles. The number of halogens is 4. The van der Waals surface area contributed by atoms with E-state index in [1.54, 1.807) is 0 Å². The average Bonchev–Trinajstić information content (AvgIpc) is 2.44. The van der Waals surface area contributed by atoms with Crippen LogP contribution in [0.15, 0.2) is 0 Å². The largest absolute Gasteiger partial charge is 0.391 e. The number of hydrogen-bond acceptors (Lipinski definition) is 1. The zero-order valence-corrected chi connectivity index (χ0v) is 12.8. The van der Waals surface area contributed by atoms with Crippen molar-refractivity contribution in [2.45, 2.75) is 64.1 Å². The number of carbonyl (C=O) groups excluding carboxylic acids is 1. The van der Waals surface area contributed by atoms with Crippen LogP contribution >= 0.6 is 11.6 Å². The van der Waals surface area contributed by atoms with Gasteiger partial charge in [0.15, 0.2) is 0 Å². The Morgan fingerprint density at radius 3 is 2.00 bits per heavy atom. The maximum absolute atomic E-state index is 12.6. The first-order chi connectivity index (χ1) is 9.28. The summed E-state index contributed by atoms with van der Waals surface area (Å²) in [4.78, 5) is 12.2. The van der Waals surface area contributed by atoms with E-state index in [1.165, 1.54) is 0 Å². The summed E-state index contributed by atoms with van der Waals surface area (Å²) in [6.45, 7) is 3.90. The lowest BCUT2D eigenvalue weighted by Crippen LogP contribution is -2.51. The minimum atomic E-state index is -4.13. The number of amides is 1. The van der Waals surface area contributed by atoms with E-state index in [0.29, 0.717) is 18.7 Å². The predicted molar refractivity (Wildman–Crippen MR) is 73.7 cm³/mol. The smallest absolute Gasteiger partial charge is 0.349 e. The molecule has 0 aromatic rings. The van der Waals surface area contributed by atoms with Gasteiger partial charge >= 0.3 is 6.18 Å². The highest BCUT2D eigenvalue weighted by molar-refractivity contribution is 6.18. The molecule has 0 saturated heterocycles. The number of nitrogens with one attached hydrogen (secondary N) is 1. The summed E-state index contributed by atoms with van der Waals surface area (Å²) in [6, 6.07) is 0. The Hall–Kier alpha value is -0.450. The van der Waals surface area contributed by atoms with Gasteiger partial charge in [0.2, 0.25) is 5.91 Å². The highest BCUT2D eigenvalue weighted by Gasteiger charge is 2.43. The van der Waals surface area contributed by atoms with Gasteiger partial charge in [-0.25, -0.2) is 0 Å². The fraction of sp³-hybridized carbons (Fsp3) is 0.929. The van der Waals surface area contributed by atoms with Crippen molar-refractivity contribution in [2.75, 3.05) is 5.88 Å². The molecule has 1 saturated carbocycles. The number of rotatable bonds is 5. The van der Waals surface area contributed by atoms with Crippen molar-refractivity contribution in [2.24, 2.45) is 11.8 Å². The van der Waals surface area contributed by atoms with Crippen molar-refractivity contribution in [3.8, 4) is 0 Å². The monoisotopic (exact) mass is 313 g/mol. The topological polar surface area (TPSA) is 29.1 Å². The number of hydrogen-bond donors (Lipinski definition) is 1. The molecular formula is C14H23ClF3NO. The van der Waals surface area contributed by atoms with Crippen LogP contribution in [0.25, 0.3) is 0 Å². The molecule has 1 N–H and O–H groups in total. The van der Waals surface area contributed by atoms with E-state index >= 15 is 0 Å². The first-order valence-corrected chi connectivity index (χ1v) is 7.76. The van der Waals surface area contributed by atoms with Crippen LogP contribution in [0.4, 0.5) is 13.2 Å². The lowest BCUT2D eigenvalue weighted by molar-refractivity contribution is -0.184. The Bertz CT molecular complexity index is 313. The van der Waals surface area contributed by atoms with Crippen LogP contribution in [-0.4, -0.2) is 23.5 Å². The van der Waals surface area contributed by atoms with Gasteiger partial charge in [-0.3, -0.25) is 4.79 Å². The Morgan fingerprint density at radius 1 is 1.15 bits per heavy atom. The molecule has 0 unspecified atom stereocenters. The molecule has 0 aromatic heterocycles. The highest BCUT2D eigenvalue weighted by Crippen LogP contribution is 2.39. The van der Waals surface area contributed by atoms with Crippen LogP contribution in [0.1, 0.15) is 52.4 Å². The van der Waals surface area contributed by atoms with Gasteiger partial charge in [-0.05, 0) is 38.5 Å². The van der Waals surface area contributed by atoms with Gasteiger partial charge in [-0.1, -0.05) is 13.8 Å². The van der Waals surface area contributed by atoms with E-state index in [2.05, 4.69) is 5.32 Å². The van der Waals surface area contributed by atoms with Crippen LogP contribution in [0, 0.1) is 11.8 Å². The molecule has 0 radical (unpaired) electrons. The van der Waals surface area contributed by atoms with Gasteiger partial charge in [0.25, 0.3) is 0 Å². The van der Waals surface area contributed by atoms with Gasteiger partial charge in [0.05, 0.1) is 11.5 Å². The van der Waals surface area contributed by atoms with Crippen molar-refractivity contribution in [1.29, 1.82) is 0 Å². The maximum atomic E-state index is 12.6. The maximum Gasteiger partial charge on any atom is 0.391 e. The predicted octanol–water partition coefficient (Wildman–Crippen LogP) is 4.27. The molecule has 0 spiro atoms. The quantitative estimate of drug-likeness (QED) is 0.755. The van der Waals surface area contributed by atoms with Crippen LogP contribution in [0.5, 0.6) is 0 Å². The first-order valence-electron chi connectivity index (χ1n) is 7.22. The Kier molecular flexibility index (Phi) is 6.17. The molecule has 20 heavy (non-hydrogen) atoms. The lowest BCUT2D eigenvalue weighted by Gasteiger charge is -2.35. The normalized spacial score (nSPS) is 24.5. The van der Waals surface area contributed by atoms with Gasteiger partial charge in [-0.2, -0.15) is 13.2 Å². The zero-order valence-electron chi connectivity index (χ0n) is 12.0. The second-order valence-corrected chi connectivity index (χ2v) is 5.97. The van der Waals surface area contributed by atoms with Gasteiger partial charge in [0, 0.05) is 11.8 Å². The molecular weight excluding hydrogens is 291 g/mol. The third-order valence-electron chi connectivity index (χ3n) is 4.56. The van der Waals surface area contributed by atoms with Crippen molar-refractivity contribution in [1.82, 2.24) is 5.32 Å². The second kappa shape index (κ2) is 7.01. The summed E-state index contributed by atoms with van der Waals surface area (Å²) >= 11 is 5.93. The fourth-order valence-electron chi connectivity index (χ4n) is 2.70. The Morgan fingerprint density at radius 2 is 1.65 bits per heavy atom. The Labute approximate surface area is 123 Å². The van der Waals surface area contributed by atoms with Crippen LogP contribution in [-0.2, 0) is 4.79 Å². The molecule has 0 bridgehead atoms. The van der Waals surface area contributed by atoms with Crippen molar-refractivity contribution >= 4 is 17.5 Å². The minimum absolute atomic E-state index is 0.0493. The summed E-state index contributed by atoms with van der Waals surface area (Å²) in [5.74, 6) is -1.38. The summed E-state index contributed by atoms with van der Waals surface area (Å²) in [6.07, 6.45) is -1.98. The van der Waals surface area contributed by atoms with E-state index in [9.17, 15) is 18.0 Å². The highest BCUT2D eigenvalue weighted by atomic mass is 35.5. The van der Waals surface area contributed by atoms with E-state index in [1.807, 2.05) is 13.8 Å². The van der Waals surface area contributed by atoms with Crippen molar-refractivity contribution in [3.63, 3.8) is 0 Å². The Balaban J connectivity index is 2.55. The SMILES string of the molecule is CCC(CC)(CCl)NC(=O)C1CCC(C(F)(F)F)CC1. The van der Waals surface area contributed by atoms with E-state index in [-0.39, 0.29) is 24.7 Å². The van der Waals surface area contributed by atoms with Crippen molar-refractivity contribution in [3.05, 3.63) is 0 Å². The van der Waals surface area contributed by atoms with Crippen LogP contribution in [0.3, 0.4) is 0 Å². The van der Waals surface area contributed by atoms with Crippen LogP contribution in [0.2, 0.25) is 0 Å². The standard InChI is InChI=1S/C14H23ClF3NO/c1-3-13(4-2,9-15)19-12(20)10-5-7-11(8-6-10)14(16,17)18/h10-11H,3-9H2,1-2H3,(H,19,20). The molecule has 118 valence electrons. The fourth-order valence-corrected chi connectivity index (χ4v) is 3.14. The summed E-state index contributed by atoms with van der Waals surface area (Å²) in [5.41, 5.74) is -0.431. The van der Waals surface area contributed by atoms with E-state index < -0.39 is 17.6 Å². The molecule has 2 nitrogen and oxygen atoms in total. The number of carbonyl (C=O) groups is 1. The number of alkyl halides is 4. The molecule has 1 aliphatic rings. The molecule has 1 fully saturated rings. The third kappa shape index (κ3) is 4.27. The molecule has 1 rings (SSSR count). The van der Waals surface area contributed by atoms with Crippen molar-refractivity contribution < 1.29 is 18.0 Å². The van der Waals surface area contributed by atoms with Gasteiger partial charge < -0.3 is 5.32 Å². The molecule has 1 aliphatic carbocycles. The second-order valence-electron chi connectivity index (χ2n) is 5.70. The molecule has 0 aliphatic heterocycles. The van der Waals surface area contributed by atoms with Crippen LogP contribution < -0.4 is 5.32 Å². The third-order valence-corrected chi connectivity index (χ3v) is 5.07. The van der Waals surface area contributed by atoms with E-state index in [4.69, 9.17) is 11.6 Å². The zero-order chi connectivity index (χ0) is 15.4. The molecule has 1 amide bonds. The molecule has 0 atom stereocenters. The summed E-state index contributed by atoms with van der Waals surface area (Å²) < 4.78 is 37.8. The van der Waals surface area contributed by atoms with Gasteiger partial charge in [0.1, 0.15) is 0 Å². The lowest BCUT2D eigenvalue weighted by atomic mass is 9.80. The summed E-state index contributed by atoms with van der Waals surface area (Å²) in [5, 5.41) is 2.95. The molecule has 6 heteroatoms. The first kappa shape index (κ1) is 17.6. The van der Waals surface area contributed by atoms with Gasteiger partial charge in [-0.15, -0.1) is 11.6 Å². The summed E-state index contributed by atoms with van der Waals surface area (Å²) in [7, 11) is 0. The molecule has 0 heterocycles. The van der Waals surface area contributed by atoms with E-state index in [0.717, 1.165) is 12.8 Å².